The first-order valence-electron chi connectivity index (χ1n) is 5.91. The fourth-order valence-corrected chi connectivity index (χ4v) is 2.09. The molecule has 4 heteroatoms. The van der Waals surface area contributed by atoms with Crippen molar-refractivity contribution >= 4 is 0 Å². The number of aromatic nitrogens is 2. The predicted octanol–water partition coefficient (Wildman–Crippen LogP) is 1.62. The molecule has 0 bridgehead atoms. The summed E-state index contributed by atoms with van der Waals surface area (Å²) < 4.78 is 1.80. The van der Waals surface area contributed by atoms with Gasteiger partial charge in [0.2, 0.25) is 5.43 Å². The van der Waals surface area contributed by atoms with E-state index >= 15 is 0 Å². The van der Waals surface area contributed by atoms with Crippen molar-refractivity contribution in [3.63, 3.8) is 0 Å². The maximum Gasteiger partial charge on any atom is 0.204 e. The Morgan fingerprint density at radius 1 is 1.22 bits per heavy atom. The van der Waals surface area contributed by atoms with E-state index in [9.17, 15) is 4.79 Å². The van der Waals surface area contributed by atoms with E-state index in [4.69, 9.17) is 5.73 Å². The second-order valence-electron chi connectivity index (χ2n) is 4.45. The van der Waals surface area contributed by atoms with E-state index < -0.39 is 0 Å². The molecule has 0 amide bonds. The molecule has 4 nitrogen and oxygen atoms in total. The minimum Gasteiger partial charge on any atom is -0.325 e. The van der Waals surface area contributed by atoms with E-state index in [1.54, 1.807) is 10.7 Å². The van der Waals surface area contributed by atoms with Gasteiger partial charge < -0.3 is 5.73 Å². The molecule has 0 aliphatic rings. The van der Waals surface area contributed by atoms with Gasteiger partial charge in [0, 0.05) is 18.3 Å². The maximum atomic E-state index is 11.7. The first-order valence-corrected chi connectivity index (χ1v) is 5.91. The summed E-state index contributed by atoms with van der Waals surface area (Å²) in [6, 6.07) is 7.66. The third-order valence-corrected chi connectivity index (χ3v) is 3.02. The average Bonchev–Trinajstić information content (AvgIpc) is 2.31. The van der Waals surface area contributed by atoms with Crippen molar-refractivity contribution in [2.45, 2.75) is 27.3 Å². The standard InChI is InChI=1S/C14H17N3O/c1-9-5-4-6-10(2)14(9)17-11(3)7-13(18)12(8-15)16-17/h4-7H,8,15H2,1-3H3. The van der Waals surface area contributed by atoms with Gasteiger partial charge in [-0.15, -0.1) is 0 Å². The third-order valence-electron chi connectivity index (χ3n) is 3.02. The van der Waals surface area contributed by atoms with Gasteiger partial charge >= 0.3 is 0 Å². The molecule has 2 rings (SSSR count). The normalized spacial score (nSPS) is 10.7. The minimum absolute atomic E-state index is 0.0995. The summed E-state index contributed by atoms with van der Waals surface area (Å²) in [7, 11) is 0. The highest BCUT2D eigenvalue weighted by Gasteiger charge is 2.10. The van der Waals surface area contributed by atoms with Gasteiger partial charge in [-0.3, -0.25) is 4.79 Å². The molecule has 0 spiro atoms. The molecule has 1 aromatic heterocycles. The number of rotatable bonds is 2. The number of nitrogens with zero attached hydrogens (tertiary/aromatic N) is 2. The molecule has 0 unspecified atom stereocenters. The van der Waals surface area contributed by atoms with Crippen LogP contribution in [0.3, 0.4) is 0 Å². The molecule has 0 fully saturated rings. The molecule has 0 radical (unpaired) electrons. The number of benzene rings is 1. The quantitative estimate of drug-likeness (QED) is 0.871. The Labute approximate surface area is 106 Å². The van der Waals surface area contributed by atoms with Crippen LogP contribution < -0.4 is 11.2 Å². The van der Waals surface area contributed by atoms with E-state index in [-0.39, 0.29) is 12.0 Å². The Balaban J connectivity index is 2.75. The lowest BCUT2D eigenvalue weighted by Gasteiger charge is -2.15. The highest BCUT2D eigenvalue weighted by molar-refractivity contribution is 5.47. The van der Waals surface area contributed by atoms with Crippen LogP contribution in [-0.2, 0) is 6.54 Å². The number of hydrogen-bond acceptors (Lipinski definition) is 3. The summed E-state index contributed by atoms with van der Waals surface area (Å²) in [6.07, 6.45) is 0. The van der Waals surface area contributed by atoms with Crippen molar-refractivity contribution in [2.24, 2.45) is 5.73 Å². The molecule has 18 heavy (non-hydrogen) atoms. The lowest BCUT2D eigenvalue weighted by Crippen LogP contribution is -2.22. The van der Waals surface area contributed by atoms with Gasteiger partial charge in [-0.1, -0.05) is 18.2 Å². The van der Waals surface area contributed by atoms with Crippen molar-refractivity contribution in [1.82, 2.24) is 9.78 Å². The van der Waals surface area contributed by atoms with E-state index in [0.29, 0.717) is 5.69 Å². The number of para-hydroxylation sites is 1. The molecule has 0 aliphatic heterocycles. The van der Waals surface area contributed by atoms with Crippen LogP contribution in [0.25, 0.3) is 5.69 Å². The van der Waals surface area contributed by atoms with Gasteiger partial charge in [0.05, 0.1) is 5.69 Å². The van der Waals surface area contributed by atoms with Crippen molar-refractivity contribution in [1.29, 1.82) is 0 Å². The zero-order valence-corrected chi connectivity index (χ0v) is 10.9. The minimum atomic E-state index is -0.0995. The maximum absolute atomic E-state index is 11.7. The van der Waals surface area contributed by atoms with Crippen molar-refractivity contribution in [2.75, 3.05) is 0 Å². The van der Waals surface area contributed by atoms with E-state index in [0.717, 1.165) is 22.5 Å². The Morgan fingerprint density at radius 2 is 1.83 bits per heavy atom. The van der Waals surface area contributed by atoms with Gasteiger partial charge in [-0.25, -0.2) is 4.68 Å². The lowest BCUT2D eigenvalue weighted by atomic mass is 10.1. The van der Waals surface area contributed by atoms with Crippen LogP contribution >= 0.6 is 0 Å². The number of aryl methyl sites for hydroxylation is 3. The number of nitrogens with two attached hydrogens (primary N) is 1. The summed E-state index contributed by atoms with van der Waals surface area (Å²) in [6.45, 7) is 6.10. The topological polar surface area (TPSA) is 60.9 Å². The first-order chi connectivity index (χ1) is 8.54. The summed E-state index contributed by atoms with van der Waals surface area (Å²) in [5.41, 5.74) is 9.92. The lowest BCUT2D eigenvalue weighted by molar-refractivity contribution is 0.743. The smallest absolute Gasteiger partial charge is 0.204 e. The molecular formula is C14H17N3O. The van der Waals surface area contributed by atoms with E-state index in [1.165, 1.54) is 0 Å². The monoisotopic (exact) mass is 243 g/mol. The van der Waals surface area contributed by atoms with Gasteiger partial charge in [0.25, 0.3) is 0 Å². The van der Waals surface area contributed by atoms with Crippen LogP contribution in [0.4, 0.5) is 0 Å². The van der Waals surface area contributed by atoms with Crippen LogP contribution in [0.2, 0.25) is 0 Å². The third kappa shape index (κ3) is 2.07. The van der Waals surface area contributed by atoms with Crippen LogP contribution in [0.15, 0.2) is 29.1 Å². The van der Waals surface area contributed by atoms with Gasteiger partial charge in [-0.05, 0) is 31.9 Å². The molecule has 1 heterocycles. The second kappa shape index (κ2) is 4.74. The predicted molar refractivity (Wildman–Crippen MR) is 71.9 cm³/mol. The van der Waals surface area contributed by atoms with Gasteiger partial charge in [-0.2, -0.15) is 5.10 Å². The molecule has 0 saturated heterocycles. The van der Waals surface area contributed by atoms with Crippen LogP contribution in [0, 0.1) is 20.8 Å². The van der Waals surface area contributed by atoms with Gasteiger partial charge in [0.1, 0.15) is 5.69 Å². The first kappa shape index (κ1) is 12.5. The van der Waals surface area contributed by atoms with Crippen molar-refractivity contribution in [3.8, 4) is 5.69 Å². The Kier molecular flexibility index (Phi) is 3.30. The second-order valence-corrected chi connectivity index (χ2v) is 4.45. The van der Waals surface area contributed by atoms with E-state index in [1.807, 2.05) is 39.0 Å². The average molecular weight is 243 g/mol. The van der Waals surface area contributed by atoms with Crippen molar-refractivity contribution in [3.05, 3.63) is 57.0 Å². The Bertz CT molecular complexity index is 624. The fourth-order valence-electron chi connectivity index (χ4n) is 2.09. The van der Waals surface area contributed by atoms with Gasteiger partial charge in [0.15, 0.2) is 0 Å². The summed E-state index contributed by atoms with van der Waals surface area (Å²) in [5.74, 6) is 0. The fraction of sp³-hybridized carbons (Fsp3) is 0.286. The zero-order chi connectivity index (χ0) is 13.3. The zero-order valence-electron chi connectivity index (χ0n) is 10.9. The largest absolute Gasteiger partial charge is 0.325 e. The Hall–Kier alpha value is -1.94. The molecule has 2 N–H and O–H groups in total. The van der Waals surface area contributed by atoms with Crippen LogP contribution in [0.1, 0.15) is 22.5 Å². The highest BCUT2D eigenvalue weighted by atomic mass is 16.1. The van der Waals surface area contributed by atoms with E-state index in [2.05, 4.69) is 5.10 Å². The molecule has 94 valence electrons. The molecule has 1 aromatic carbocycles. The van der Waals surface area contributed by atoms with Crippen LogP contribution in [0.5, 0.6) is 0 Å². The Morgan fingerprint density at radius 3 is 2.39 bits per heavy atom. The molecule has 0 atom stereocenters. The molecule has 0 aliphatic carbocycles. The molecular weight excluding hydrogens is 226 g/mol. The summed E-state index contributed by atoms with van der Waals surface area (Å²) in [5, 5.41) is 4.36. The molecule has 2 aromatic rings. The van der Waals surface area contributed by atoms with Crippen molar-refractivity contribution < 1.29 is 0 Å². The summed E-state index contributed by atoms with van der Waals surface area (Å²) >= 11 is 0. The SMILES string of the molecule is Cc1cccc(C)c1-n1nc(CN)c(=O)cc1C. The highest BCUT2D eigenvalue weighted by Crippen LogP contribution is 2.18. The van der Waals surface area contributed by atoms with Crippen LogP contribution in [-0.4, -0.2) is 9.78 Å². The number of hydrogen-bond donors (Lipinski definition) is 1. The summed E-state index contributed by atoms with van der Waals surface area (Å²) in [4.78, 5) is 11.7. The molecule has 0 saturated carbocycles.